The van der Waals surface area contributed by atoms with E-state index in [2.05, 4.69) is 11.3 Å². The minimum atomic E-state index is -0.355. The summed E-state index contributed by atoms with van der Waals surface area (Å²) in [5.41, 5.74) is 0. The van der Waals surface area contributed by atoms with Crippen molar-refractivity contribution >= 4 is 0 Å². The molecule has 1 rings (SSSR count). The fourth-order valence-electron chi connectivity index (χ4n) is 0.883. The first-order chi connectivity index (χ1) is 5.88. The molecule has 1 aromatic rings. The number of nitrogens with one attached hydrogen (secondary N) is 1. The lowest BCUT2D eigenvalue weighted by Gasteiger charge is -2.15. The van der Waals surface area contributed by atoms with Crippen LogP contribution in [0.5, 0.6) is 0 Å². The van der Waals surface area contributed by atoms with E-state index in [1.165, 1.54) is 0 Å². The van der Waals surface area contributed by atoms with Gasteiger partial charge in [-0.2, -0.15) is 0 Å². The van der Waals surface area contributed by atoms with Crippen LogP contribution in [0.4, 0.5) is 0 Å². The molecule has 0 saturated heterocycles. The number of hydrogen-bond acceptors (Lipinski definition) is 2. The molecule has 1 N–H and O–H groups in total. The molecule has 1 aromatic heterocycles. The van der Waals surface area contributed by atoms with Gasteiger partial charge in [-0.25, -0.2) is 0 Å². The average molecular weight is 170 g/mol. The summed E-state index contributed by atoms with van der Waals surface area (Å²) in [5, 5.41) is 0. The molecule has 4 heteroatoms. The van der Waals surface area contributed by atoms with Gasteiger partial charge in [0.05, 0.1) is 13.2 Å². The van der Waals surface area contributed by atoms with Crippen LogP contribution in [-0.2, 0) is 9.47 Å². The molecule has 0 fully saturated rings. The van der Waals surface area contributed by atoms with Crippen molar-refractivity contribution in [2.24, 2.45) is 0 Å². The molecule has 0 aliphatic heterocycles. The third-order valence-electron chi connectivity index (χ3n) is 1.36. The van der Waals surface area contributed by atoms with Crippen LogP contribution < -0.4 is 4.57 Å². The van der Waals surface area contributed by atoms with E-state index in [1.807, 2.05) is 20.0 Å². The number of H-pyrrole nitrogens is 1. The zero-order chi connectivity index (χ0) is 8.81. The zero-order valence-corrected chi connectivity index (χ0v) is 7.41. The Morgan fingerprint density at radius 1 is 1.42 bits per heavy atom. The highest BCUT2D eigenvalue weighted by Gasteiger charge is 2.09. The second-order valence-corrected chi connectivity index (χ2v) is 2.20. The van der Waals surface area contributed by atoms with Crippen molar-refractivity contribution in [3.63, 3.8) is 0 Å². The van der Waals surface area contributed by atoms with Gasteiger partial charge in [-0.15, -0.1) is 0 Å². The normalized spacial score (nSPS) is 10.9. The first-order valence-corrected chi connectivity index (χ1v) is 4.07. The molecule has 0 atom stereocenters. The second kappa shape index (κ2) is 4.90. The summed E-state index contributed by atoms with van der Waals surface area (Å²) in [6, 6.07) is 0. The van der Waals surface area contributed by atoms with Gasteiger partial charge in [0.25, 0.3) is 6.41 Å². The summed E-state index contributed by atoms with van der Waals surface area (Å²) in [6.45, 7) is 5.10. The Morgan fingerprint density at radius 2 is 2.08 bits per heavy atom. The lowest BCUT2D eigenvalue weighted by Crippen LogP contribution is -2.41. The van der Waals surface area contributed by atoms with Crippen molar-refractivity contribution in [3.05, 3.63) is 18.7 Å². The molecule has 0 spiro atoms. The van der Waals surface area contributed by atoms with Gasteiger partial charge >= 0.3 is 0 Å². The molecule has 0 unspecified atom stereocenters. The summed E-state index contributed by atoms with van der Waals surface area (Å²) in [4.78, 5) is 2.80. The summed E-state index contributed by atoms with van der Waals surface area (Å²) < 4.78 is 12.3. The van der Waals surface area contributed by atoms with Gasteiger partial charge in [-0.1, -0.05) is 0 Å². The molecule has 68 valence electrons. The molecule has 0 amide bonds. The largest absolute Gasteiger partial charge is 0.363 e. The van der Waals surface area contributed by atoms with Gasteiger partial charge in [0.1, 0.15) is 0 Å². The van der Waals surface area contributed by atoms with E-state index < -0.39 is 0 Å². The van der Waals surface area contributed by atoms with Gasteiger partial charge in [0.15, 0.2) is 0 Å². The third kappa shape index (κ3) is 2.32. The molecule has 0 radical (unpaired) electrons. The Balaban J connectivity index is 2.53. The van der Waals surface area contributed by atoms with Crippen molar-refractivity contribution in [1.82, 2.24) is 4.98 Å². The predicted octanol–water partition coefficient (Wildman–Crippen LogP) is 0.631. The standard InChI is InChI=1S/C8H14N2O2/c1-3-11-8(12-4-2)10-6-5-9-7-10/h5-6,8-9H,3-4H2,1-2H3. The van der Waals surface area contributed by atoms with Crippen molar-refractivity contribution in [1.29, 1.82) is 0 Å². The van der Waals surface area contributed by atoms with Crippen LogP contribution in [0.2, 0.25) is 0 Å². The molecule has 0 bridgehead atoms. The van der Waals surface area contributed by atoms with Crippen LogP contribution in [0.1, 0.15) is 20.3 Å². The smallest absolute Gasteiger partial charge is 0.294 e. The Hall–Kier alpha value is -0.870. The van der Waals surface area contributed by atoms with Gasteiger partial charge in [0, 0.05) is 0 Å². The molecule has 0 saturated carbocycles. The number of ether oxygens (including phenoxy) is 2. The highest BCUT2D eigenvalue weighted by atomic mass is 16.7. The second-order valence-electron chi connectivity index (χ2n) is 2.20. The monoisotopic (exact) mass is 170 g/mol. The van der Waals surface area contributed by atoms with Gasteiger partial charge in [-0.3, -0.25) is 0 Å². The minimum absolute atomic E-state index is 0.355. The maximum atomic E-state index is 5.32. The number of aromatic nitrogens is 2. The highest BCUT2D eigenvalue weighted by Crippen LogP contribution is 1.99. The zero-order valence-electron chi connectivity index (χ0n) is 7.41. The van der Waals surface area contributed by atoms with E-state index in [9.17, 15) is 0 Å². The summed E-state index contributed by atoms with van der Waals surface area (Å²) in [6.07, 6.45) is 6.08. The molecular weight excluding hydrogens is 156 g/mol. The Labute approximate surface area is 72.1 Å². The first kappa shape index (κ1) is 9.22. The summed E-state index contributed by atoms with van der Waals surface area (Å²) in [7, 11) is 0. The maximum absolute atomic E-state index is 5.32. The van der Waals surface area contributed by atoms with E-state index in [-0.39, 0.29) is 6.41 Å². The lowest BCUT2D eigenvalue weighted by molar-refractivity contribution is -0.807. The Morgan fingerprint density at radius 3 is 2.50 bits per heavy atom. The van der Waals surface area contributed by atoms with E-state index in [0.29, 0.717) is 13.2 Å². The average Bonchev–Trinajstić information content (AvgIpc) is 2.56. The van der Waals surface area contributed by atoms with Crippen LogP contribution in [0, 0.1) is 6.33 Å². The SMILES string of the molecule is CCOC(OCC)[n+]1[c-][nH]cc1. The van der Waals surface area contributed by atoms with Gasteiger partial charge in [-0.05, 0) is 26.2 Å². The molecular formula is C8H14N2O2. The van der Waals surface area contributed by atoms with E-state index in [4.69, 9.17) is 9.47 Å². The number of imidazole rings is 1. The highest BCUT2D eigenvalue weighted by molar-refractivity contribution is 4.54. The van der Waals surface area contributed by atoms with Crippen LogP contribution in [0.25, 0.3) is 0 Å². The molecule has 1 heterocycles. The van der Waals surface area contributed by atoms with Crippen LogP contribution >= 0.6 is 0 Å². The first-order valence-electron chi connectivity index (χ1n) is 4.07. The molecule has 0 aliphatic carbocycles. The van der Waals surface area contributed by atoms with Crippen LogP contribution in [0.3, 0.4) is 0 Å². The molecule has 0 aliphatic rings. The van der Waals surface area contributed by atoms with Gasteiger partial charge < -0.3 is 19.0 Å². The molecule has 0 aromatic carbocycles. The third-order valence-corrected chi connectivity index (χ3v) is 1.36. The van der Waals surface area contributed by atoms with E-state index >= 15 is 0 Å². The van der Waals surface area contributed by atoms with Crippen molar-refractivity contribution in [3.8, 4) is 0 Å². The molecule has 4 nitrogen and oxygen atoms in total. The number of hydrogen-bond donors (Lipinski definition) is 1. The quantitative estimate of drug-likeness (QED) is 0.400. The number of rotatable bonds is 5. The predicted molar refractivity (Wildman–Crippen MR) is 42.1 cm³/mol. The fraction of sp³-hybridized carbons (Fsp3) is 0.625. The number of aromatic amines is 1. The topological polar surface area (TPSA) is 38.1 Å². The summed E-state index contributed by atoms with van der Waals surface area (Å²) in [5.74, 6) is 0. The summed E-state index contributed by atoms with van der Waals surface area (Å²) >= 11 is 0. The Kier molecular flexibility index (Phi) is 3.76. The van der Waals surface area contributed by atoms with Crippen LogP contribution in [0.15, 0.2) is 12.4 Å². The van der Waals surface area contributed by atoms with Crippen LogP contribution in [-0.4, -0.2) is 18.2 Å². The Bertz CT molecular complexity index is 193. The maximum Gasteiger partial charge on any atom is 0.294 e. The van der Waals surface area contributed by atoms with Gasteiger partial charge in [0.2, 0.25) is 6.33 Å². The number of nitrogens with zero attached hydrogens (tertiary/aromatic N) is 1. The minimum Gasteiger partial charge on any atom is -0.363 e. The van der Waals surface area contributed by atoms with Crippen molar-refractivity contribution in [2.75, 3.05) is 13.2 Å². The van der Waals surface area contributed by atoms with E-state index in [1.54, 1.807) is 10.8 Å². The van der Waals surface area contributed by atoms with Crippen molar-refractivity contribution in [2.45, 2.75) is 20.3 Å². The van der Waals surface area contributed by atoms with E-state index in [0.717, 1.165) is 0 Å². The molecule has 12 heavy (non-hydrogen) atoms. The fourth-order valence-corrected chi connectivity index (χ4v) is 0.883. The van der Waals surface area contributed by atoms with Crippen molar-refractivity contribution < 1.29 is 14.0 Å². The lowest BCUT2D eigenvalue weighted by atomic mass is 10.8.